The third-order valence-electron chi connectivity index (χ3n) is 6.41. The molecule has 1 aliphatic rings. The van der Waals surface area contributed by atoms with Crippen molar-refractivity contribution in [2.45, 2.75) is 78.1 Å². The summed E-state index contributed by atoms with van der Waals surface area (Å²) in [5.74, 6) is 0.447. The second-order valence-corrected chi connectivity index (χ2v) is 11.8. The zero-order valence-corrected chi connectivity index (χ0v) is 24.2. The van der Waals surface area contributed by atoms with Crippen LogP contribution in [0.4, 0.5) is 15.4 Å². The number of ether oxygens (including phenoxy) is 3. The van der Waals surface area contributed by atoms with E-state index < -0.39 is 17.3 Å². The number of anilines is 1. The minimum absolute atomic E-state index is 0.0171. The van der Waals surface area contributed by atoms with E-state index in [0.29, 0.717) is 38.4 Å². The van der Waals surface area contributed by atoms with Crippen molar-refractivity contribution in [3.8, 4) is 0 Å². The highest BCUT2D eigenvalue weighted by Crippen LogP contribution is 2.27. The summed E-state index contributed by atoms with van der Waals surface area (Å²) in [4.78, 5) is 31.8. The Morgan fingerprint density at radius 2 is 1.82 bits per heavy atom. The Hall–Kier alpha value is -3.39. The number of nitrogens with zero attached hydrogens (tertiary/aromatic N) is 2. The van der Waals surface area contributed by atoms with Gasteiger partial charge in [-0.2, -0.15) is 0 Å². The summed E-state index contributed by atoms with van der Waals surface area (Å²) in [7, 11) is 0. The first-order valence-corrected chi connectivity index (χ1v) is 13.6. The Morgan fingerprint density at radius 3 is 2.49 bits per heavy atom. The summed E-state index contributed by atoms with van der Waals surface area (Å²) in [6.45, 7) is 16.4. The summed E-state index contributed by atoms with van der Waals surface area (Å²) in [5, 5.41) is 2.80. The standard InChI is InChI=1S/C31H43N3O5/c1-8-16-37-26-21-34(29(36)39-30(3,4)5)20-24(26)19-25-17-22(2)18-27(32-25)33-28(35)38-31(6,7)15-14-23-12-10-9-11-13-23/h8-13,17-18,24,26H,1,14-16,19-21H2,2-7H3,(H,32,33,35). The van der Waals surface area contributed by atoms with E-state index >= 15 is 0 Å². The highest BCUT2D eigenvalue weighted by atomic mass is 16.6. The molecule has 2 heterocycles. The summed E-state index contributed by atoms with van der Waals surface area (Å²) in [6, 6.07) is 13.9. The molecule has 0 spiro atoms. The molecule has 1 saturated heterocycles. The number of aromatic nitrogens is 1. The normalized spacial score (nSPS) is 17.5. The molecule has 0 aliphatic carbocycles. The van der Waals surface area contributed by atoms with Crippen LogP contribution < -0.4 is 5.32 Å². The number of pyridine rings is 1. The van der Waals surface area contributed by atoms with Crippen LogP contribution in [0.1, 0.15) is 57.9 Å². The number of aryl methyl sites for hydroxylation is 2. The monoisotopic (exact) mass is 537 g/mol. The molecular formula is C31H43N3O5. The van der Waals surface area contributed by atoms with Crippen molar-refractivity contribution in [2.24, 2.45) is 5.92 Å². The van der Waals surface area contributed by atoms with Crippen LogP contribution in [0, 0.1) is 12.8 Å². The SMILES string of the molecule is C=CCOC1CN(C(=O)OC(C)(C)C)CC1Cc1cc(C)cc(NC(=O)OC(C)(C)CCc2ccccc2)n1. The quantitative estimate of drug-likeness (QED) is 0.356. The lowest BCUT2D eigenvalue weighted by molar-refractivity contribution is 0.0225. The number of likely N-dealkylation sites (tertiary alicyclic amines) is 1. The summed E-state index contributed by atoms with van der Waals surface area (Å²) < 4.78 is 17.3. The van der Waals surface area contributed by atoms with Crippen molar-refractivity contribution in [3.63, 3.8) is 0 Å². The minimum atomic E-state index is -0.642. The van der Waals surface area contributed by atoms with Crippen molar-refractivity contribution in [3.05, 3.63) is 71.9 Å². The van der Waals surface area contributed by atoms with Crippen molar-refractivity contribution in [1.82, 2.24) is 9.88 Å². The predicted molar refractivity (Wildman–Crippen MR) is 153 cm³/mol. The molecule has 0 saturated carbocycles. The molecule has 2 unspecified atom stereocenters. The molecule has 2 aromatic rings. The highest BCUT2D eigenvalue weighted by Gasteiger charge is 2.38. The first-order chi connectivity index (χ1) is 18.3. The molecule has 212 valence electrons. The van der Waals surface area contributed by atoms with Crippen LogP contribution in [-0.2, 0) is 27.1 Å². The summed E-state index contributed by atoms with van der Waals surface area (Å²) >= 11 is 0. The number of carbonyl (C=O) groups is 2. The number of hydrogen-bond acceptors (Lipinski definition) is 6. The van der Waals surface area contributed by atoms with E-state index in [4.69, 9.17) is 14.2 Å². The fourth-order valence-corrected chi connectivity index (χ4v) is 4.59. The van der Waals surface area contributed by atoms with Gasteiger partial charge >= 0.3 is 12.2 Å². The van der Waals surface area contributed by atoms with Gasteiger partial charge in [0.25, 0.3) is 0 Å². The van der Waals surface area contributed by atoms with E-state index in [0.717, 1.165) is 17.7 Å². The molecule has 2 amide bonds. The number of benzene rings is 1. The zero-order valence-electron chi connectivity index (χ0n) is 24.2. The first kappa shape index (κ1) is 30.2. The highest BCUT2D eigenvalue weighted by molar-refractivity contribution is 5.83. The lowest BCUT2D eigenvalue weighted by Gasteiger charge is -2.25. The Labute approximate surface area is 232 Å². The molecule has 0 radical (unpaired) electrons. The predicted octanol–water partition coefficient (Wildman–Crippen LogP) is 6.33. The van der Waals surface area contributed by atoms with Gasteiger partial charge < -0.3 is 19.1 Å². The average Bonchev–Trinajstić information content (AvgIpc) is 3.23. The molecule has 1 aromatic carbocycles. The summed E-state index contributed by atoms with van der Waals surface area (Å²) in [5.41, 5.74) is 1.75. The fraction of sp³-hybridized carbons (Fsp3) is 0.516. The maximum absolute atomic E-state index is 12.7. The molecule has 39 heavy (non-hydrogen) atoms. The maximum Gasteiger partial charge on any atom is 0.413 e. The molecule has 8 heteroatoms. The number of nitrogens with one attached hydrogen (secondary N) is 1. The van der Waals surface area contributed by atoms with Gasteiger partial charge in [-0.3, -0.25) is 5.32 Å². The second-order valence-electron chi connectivity index (χ2n) is 11.8. The zero-order chi connectivity index (χ0) is 28.6. The molecule has 1 N–H and O–H groups in total. The third-order valence-corrected chi connectivity index (χ3v) is 6.41. The van der Waals surface area contributed by atoms with Gasteiger partial charge in [-0.25, -0.2) is 14.6 Å². The summed E-state index contributed by atoms with van der Waals surface area (Å²) in [6.07, 6.45) is 2.71. The lowest BCUT2D eigenvalue weighted by Crippen LogP contribution is -2.36. The van der Waals surface area contributed by atoms with Crippen molar-refractivity contribution < 1.29 is 23.8 Å². The Bertz CT molecular complexity index is 1130. The molecule has 1 aromatic heterocycles. The molecule has 1 fully saturated rings. The van der Waals surface area contributed by atoms with E-state index in [1.54, 1.807) is 11.0 Å². The van der Waals surface area contributed by atoms with E-state index in [1.807, 2.05) is 71.9 Å². The molecule has 2 atom stereocenters. The van der Waals surface area contributed by atoms with Crippen LogP contribution in [0.15, 0.2) is 55.1 Å². The number of rotatable bonds is 10. The van der Waals surface area contributed by atoms with Gasteiger partial charge in [0, 0.05) is 18.2 Å². The van der Waals surface area contributed by atoms with Gasteiger partial charge in [0.2, 0.25) is 0 Å². The van der Waals surface area contributed by atoms with Crippen molar-refractivity contribution in [1.29, 1.82) is 0 Å². The molecule has 3 rings (SSSR count). The first-order valence-electron chi connectivity index (χ1n) is 13.6. The molecular weight excluding hydrogens is 494 g/mol. The van der Waals surface area contributed by atoms with Crippen molar-refractivity contribution in [2.75, 3.05) is 25.0 Å². The Kier molecular flexibility index (Phi) is 10.1. The number of carbonyl (C=O) groups excluding carboxylic acids is 2. The van der Waals surface area contributed by atoms with Gasteiger partial charge in [0.1, 0.15) is 17.0 Å². The lowest BCUT2D eigenvalue weighted by atomic mass is 9.98. The van der Waals surface area contributed by atoms with E-state index in [2.05, 4.69) is 29.0 Å². The van der Waals surface area contributed by atoms with Crippen LogP contribution in [0.5, 0.6) is 0 Å². The van der Waals surface area contributed by atoms with Gasteiger partial charge in [0.05, 0.1) is 19.3 Å². The Balaban J connectivity index is 1.63. The minimum Gasteiger partial charge on any atom is -0.444 e. The fourth-order valence-electron chi connectivity index (χ4n) is 4.59. The average molecular weight is 538 g/mol. The van der Waals surface area contributed by atoms with Gasteiger partial charge in [-0.05, 0) is 84.1 Å². The molecule has 8 nitrogen and oxygen atoms in total. The second kappa shape index (κ2) is 13.1. The van der Waals surface area contributed by atoms with E-state index in [9.17, 15) is 9.59 Å². The van der Waals surface area contributed by atoms with Crippen LogP contribution in [-0.4, -0.2) is 59.1 Å². The molecule has 1 aliphatic heterocycles. The van der Waals surface area contributed by atoms with Crippen LogP contribution in [0.25, 0.3) is 0 Å². The maximum atomic E-state index is 12.7. The van der Waals surface area contributed by atoms with Gasteiger partial charge in [-0.1, -0.05) is 36.4 Å². The van der Waals surface area contributed by atoms with Gasteiger partial charge in [0.15, 0.2) is 0 Å². The Morgan fingerprint density at radius 1 is 1.10 bits per heavy atom. The third kappa shape index (κ3) is 10.0. The number of hydrogen-bond donors (Lipinski definition) is 1. The van der Waals surface area contributed by atoms with Gasteiger partial charge in [-0.15, -0.1) is 6.58 Å². The van der Waals surface area contributed by atoms with E-state index in [-0.39, 0.29) is 18.1 Å². The number of amides is 2. The van der Waals surface area contributed by atoms with Crippen LogP contribution in [0.2, 0.25) is 0 Å². The van der Waals surface area contributed by atoms with E-state index in [1.165, 1.54) is 5.56 Å². The smallest absolute Gasteiger partial charge is 0.413 e. The molecule has 0 bridgehead atoms. The topological polar surface area (TPSA) is 90.0 Å². The van der Waals surface area contributed by atoms with Crippen molar-refractivity contribution >= 4 is 18.0 Å². The largest absolute Gasteiger partial charge is 0.444 e. The van der Waals surface area contributed by atoms with Crippen LogP contribution in [0.3, 0.4) is 0 Å². The van der Waals surface area contributed by atoms with Crippen LogP contribution >= 0.6 is 0 Å².